The second-order valence-electron chi connectivity index (χ2n) is 14.0. The first-order chi connectivity index (χ1) is 28.4. The molecule has 0 radical (unpaired) electrons. The molecule has 8 nitrogen and oxygen atoms in total. The Morgan fingerprint density at radius 1 is 0.371 bits per heavy atom. The maximum Gasteiger partial charge on any atom is 0.284 e. The zero-order valence-electron chi connectivity index (χ0n) is 33.1. The van der Waals surface area contributed by atoms with Crippen molar-refractivity contribution in [3.63, 3.8) is 0 Å². The van der Waals surface area contributed by atoms with Crippen molar-refractivity contribution >= 4 is 581 Å². The van der Waals surface area contributed by atoms with Crippen molar-refractivity contribution in [1.82, 2.24) is 14.3 Å². The molecule has 0 aliphatic rings. The first-order valence-electron chi connectivity index (χ1n) is 18.3. The number of nitrogens with zero attached hydrogens (tertiary/aromatic N) is 3. The third-order valence-electron chi connectivity index (χ3n) is 9.46. The van der Waals surface area contributed by atoms with Crippen molar-refractivity contribution in [2.45, 2.75) is 20.8 Å². The van der Waals surface area contributed by atoms with E-state index in [1.54, 1.807) is 20.8 Å². The van der Waals surface area contributed by atoms with Crippen molar-refractivity contribution in [3.05, 3.63) is 0 Å². The number of halogens is 20. The molecule has 0 unspecified atom stereocenters. The van der Waals surface area contributed by atoms with Gasteiger partial charge in [0.15, 0.2) is 75.5 Å². The zero-order chi connectivity index (χ0) is 49.0. The van der Waals surface area contributed by atoms with Gasteiger partial charge in [-0.25, -0.2) is 0 Å². The highest BCUT2D eigenvalue weighted by molar-refractivity contribution is 14.2. The molecule has 0 saturated carbocycles. The average Bonchev–Trinajstić information content (AvgIpc) is 3.21. The third kappa shape index (κ3) is 24.4. The molecule has 0 spiro atoms. The Hall–Kier alpha value is 14.5. The van der Waals surface area contributed by atoms with E-state index in [4.69, 9.17) is 0 Å². The van der Waals surface area contributed by atoms with Crippen LogP contribution in [0.3, 0.4) is 0 Å². The fourth-order valence-electron chi connectivity index (χ4n) is 6.05. The van der Waals surface area contributed by atoms with Crippen molar-refractivity contribution in [2.75, 3.05) is 26.3 Å². The van der Waals surface area contributed by atoms with Gasteiger partial charge in [0.05, 0.1) is 28.7 Å². The second-order valence-corrected chi connectivity index (χ2v) is 43.5. The van der Waals surface area contributed by atoms with Gasteiger partial charge in [-0.3, -0.25) is 14.4 Å². The minimum absolute atomic E-state index is 0.00952. The molecule has 0 aliphatic heterocycles. The Labute approximate surface area is 649 Å². The van der Waals surface area contributed by atoms with E-state index in [0.717, 1.165) is 0 Å². The Morgan fingerprint density at radius 2 is 0.581 bits per heavy atom. The zero-order valence-corrected chi connectivity index (χ0v) is 76.2. The summed E-state index contributed by atoms with van der Waals surface area (Å²) in [4.78, 5) is 43.9. The molecule has 0 aliphatic carbocycles. The van der Waals surface area contributed by atoms with Gasteiger partial charge in [-0.15, -0.1) is 44.7 Å². The lowest BCUT2D eigenvalue weighted by Crippen LogP contribution is -2.71. The highest BCUT2D eigenvalue weighted by Gasteiger charge is 2.58. The quantitative estimate of drug-likeness (QED) is 0.0758. The number of hydrogen-bond donors (Lipinski definition) is 2. The van der Waals surface area contributed by atoms with E-state index in [0.29, 0.717) is 39.2 Å². The van der Waals surface area contributed by atoms with E-state index >= 15 is 0 Å². The standard InChI is InChI=1S/C10H23B24I20N3O5/c1-8(60)55(4-6-58)31(25(47)17(39)15(37)13(11)35)27(49)21(43)19(41)23(45)29(51)33(53)57(10(3)62)34(54)30(52)24(46)20(42)22(44)28(50)32(56(5-7-59)9(2)61)26(48)18(40)16(38)14(12)36/h58-59H,4-7,11-12H2,1-3H3. The number of rotatable bonds is 28. The molecule has 2 N–H and O–H groups in total. The Morgan fingerprint density at radius 3 is 0.774 bits per heavy atom. The third-order valence-corrected chi connectivity index (χ3v) is 60.8. The summed E-state index contributed by atoms with van der Waals surface area (Å²) >= 11 is 51.4. The lowest BCUT2D eigenvalue weighted by atomic mass is 8.82. The van der Waals surface area contributed by atoms with Crippen LogP contribution in [0.4, 0.5) is 0 Å². The number of aliphatic hydroxyl groups excluding tert-OH is 2. The monoisotopic (exact) mass is 3070 g/mol. The van der Waals surface area contributed by atoms with Gasteiger partial charge in [0, 0.05) is 33.9 Å². The molecular formula is C10H23B24I20N3O5. The van der Waals surface area contributed by atoms with Crippen LogP contribution in [0.1, 0.15) is 20.8 Å². The summed E-state index contributed by atoms with van der Waals surface area (Å²) in [5, 5.41) is 20.2. The van der Waals surface area contributed by atoms with Gasteiger partial charge in [0.1, 0.15) is 0 Å². The highest BCUT2D eigenvalue weighted by atomic mass is 127. The van der Waals surface area contributed by atoms with Crippen LogP contribution < -0.4 is 0 Å². The van der Waals surface area contributed by atoms with Crippen LogP contribution in [-0.2, 0) is 14.4 Å². The minimum Gasteiger partial charge on any atom is -0.425 e. The summed E-state index contributed by atoms with van der Waals surface area (Å²) < 4.78 is 6.45. The number of carbonyl (C=O) groups excluding carboxylic acids is 3. The van der Waals surface area contributed by atoms with Gasteiger partial charge < -0.3 is 24.6 Å². The van der Waals surface area contributed by atoms with Gasteiger partial charge in [0.25, 0.3) is 9.19 Å². The van der Waals surface area contributed by atoms with Crippen molar-refractivity contribution in [3.8, 4) is 0 Å². The number of carbonyl (C=O) groups is 3. The molecule has 0 saturated heterocycles. The molecular weight excluding hydrogens is 3040 g/mol. The molecule has 52 heteroatoms. The highest BCUT2D eigenvalue weighted by Crippen LogP contribution is 2.34. The number of hydrogen-bond acceptors (Lipinski definition) is 5. The molecule has 62 heavy (non-hydrogen) atoms. The normalized spacial score (nSPS) is 10.3. The lowest BCUT2D eigenvalue weighted by molar-refractivity contribution is -0.125. The smallest absolute Gasteiger partial charge is 0.284 e. The van der Waals surface area contributed by atoms with Crippen LogP contribution in [0.5, 0.6) is 0 Å². The van der Waals surface area contributed by atoms with E-state index in [-0.39, 0.29) is 106 Å². The first kappa shape index (κ1) is 76.5. The Bertz CT molecular complexity index is 1300. The molecule has 0 heterocycles. The first-order valence-corrected chi connectivity index (χ1v) is 43.2. The predicted octanol–water partition coefficient (Wildman–Crippen LogP) is 5.85. The van der Waals surface area contributed by atoms with E-state index in [1.807, 2.05) is 9.62 Å². The van der Waals surface area contributed by atoms with Crippen LogP contribution >= 0.6 is 447 Å². The van der Waals surface area contributed by atoms with Gasteiger partial charge >= 0.3 is 0 Å². The molecule has 320 valence electrons. The van der Waals surface area contributed by atoms with E-state index in [1.165, 1.54) is 0 Å². The van der Waals surface area contributed by atoms with Crippen molar-refractivity contribution in [1.29, 1.82) is 0 Å². The second kappa shape index (κ2) is 39.9. The number of aliphatic hydroxyl groups is 2. The summed E-state index contributed by atoms with van der Waals surface area (Å²) in [6.07, 6.45) is 0. The van der Waals surface area contributed by atoms with Crippen molar-refractivity contribution in [2.24, 2.45) is 0 Å². The van der Waals surface area contributed by atoms with Crippen LogP contribution in [0.25, 0.3) is 0 Å². The van der Waals surface area contributed by atoms with Crippen molar-refractivity contribution < 1.29 is 24.6 Å². The molecule has 0 aromatic carbocycles. The largest absolute Gasteiger partial charge is 0.425 e. The summed E-state index contributed by atoms with van der Waals surface area (Å²) in [5.41, 5.74) is 0. The summed E-state index contributed by atoms with van der Waals surface area (Å²) in [5.74, 6) is 0.0408. The number of amides is 3. The van der Waals surface area contributed by atoms with E-state index < -0.39 is 0 Å². The van der Waals surface area contributed by atoms with Crippen LogP contribution in [0.15, 0.2) is 0 Å². The van der Waals surface area contributed by atoms with E-state index in [9.17, 15) is 24.6 Å². The molecule has 0 bridgehead atoms. The molecule has 0 fully saturated rings. The average molecular weight is 3060 g/mol. The van der Waals surface area contributed by atoms with Gasteiger partial charge in [-0.1, -0.05) is 0 Å². The fourth-order valence-corrected chi connectivity index (χ4v) is 36.0. The van der Waals surface area contributed by atoms with Gasteiger partial charge in [-0.05, 0) is 0 Å². The maximum absolute atomic E-state index is 13.7. The minimum atomic E-state index is -0.0750. The topological polar surface area (TPSA) is 101 Å². The predicted molar refractivity (Wildman–Crippen MR) is 486 cm³/mol. The SMILES string of the molecule is BB(I)B(I)B(I)B(I)B(B(I)B(I)B(I)B(I)B(I)B(I)N(B(I)B(I)B(I)B(I)B(I)B(I)B(B(I)B(I)B(I)B(B)I)N(CCO)C(C)=O)C(C)=O)N(CCO)C(C)=O. The molecule has 0 aromatic rings. The lowest BCUT2D eigenvalue weighted by Gasteiger charge is -2.38. The van der Waals surface area contributed by atoms with Gasteiger partial charge in [0.2, 0.25) is 33.8 Å². The Kier molecular flexibility index (Phi) is 49.2. The summed E-state index contributed by atoms with van der Waals surface area (Å²) in [7, 11) is 4.49. The fraction of sp³-hybridized carbons (Fsp3) is 0.700. The van der Waals surface area contributed by atoms with Crippen LogP contribution in [0, 0.1) is 0 Å². The van der Waals surface area contributed by atoms with Crippen LogP contribution in [0.2, 0.25) is 0 Å². The summed E-state index contributed by atoms with van der Waals surface area (Å²) in [6, 6.07) is 0. The summed E-state index contributed by atoms with van der Waals surface area (Å²) in [6.45, 7) is 5.28. The van der Waals surface area contributed by atoms with Crippen LogP contribution in [-0.4, -0.2) is 185 Å². The molecule has 0 atom stereocenters. The van der Waals surface area contributed by atoms with Gasteiger partial charge in [-0.2, -0.15) is 403 Å². The molecule has 0 aromatic heterocycles. The van der Waals surface area contributed by atoms with E-state index in [2.05, 4.69) is 468 Å². The molecule has 3 amide bonds. The maximum atomic E-state index is 13.7. The Balaban J connectivity index is 6.63. The molecule has 0 rings (SSSR count).